The minimum absolute atomic E-state index is 0.0653. The van der Waals surface area contributed by atoms with Crippen molar-refractivity contribution in [1.82, 2.24) is 4.90 Å². The van der Waals surface area contributed by atoms with Crippen LogP contribution in [0.25, 0.3) is 6.08 Å². The highest BCUT2D eigenvalue weighted by molar-refractivity contribution is 8.26. The number of thiocarbonyl (C=S) groups is 1. The number of phenolic OH excluding ortho intramolecular Hbond substituents is 1. The summed E-state index contributed by atoms with van der Waals surface area (Å²) >= 11 is 6.08. The first kappa shape index (κ1) is 16.4. The van der Waals surface area contributed by atoms with E-state index in [1.54, 1.807) is 0 Å². The third-order valence-corrected chi connectivity index (χ3v) is 4.33. The lowest BCUT2D eigenvalue weighted by Crippen LogP contribution is -2.29. The van der Waals surface area contributed by atoms with Gasteiger partial charge in [-0.3, -0.25) is 14.5 Å². The number of benzene rings is 1. The van der Waals surface area contributed by atoms with Crippen LogP contribution in [-0.4, -0.2) is 37.9 Å². The molecule has 8 heteroatoms. The Balaban J connectivity index is 2.17. The number of phenols is 1. The highest BCUT2D eigenvalue weighted by Gasteiger charge is 2.32. The molecule has 116 valence electrons. The van der Waals surface area contributed by atoms with E-state index in [2.05, 4.69) is 0 Å². The molecular weight excluding hydrogens is 329 g/mol. The second-order valence-electron chi connectivity index (χ2n) is 4.50. The Kier molecular flexibility index (Phi) is 5.15. The maximum absolute atomic E-state index is 13.7. The molecule has 5 nitrogen and oxygen atoms in total. The molecule has 0 unspecified atom stereocenters. The number of carbonyl (C=O) groups is 2. The monoisotopic (exact) mass is 341 g/mol. The van der Waals surface area contributed by atoms with E-state index in [1.165, 1.54) is 29.2 Å². The van der Waals surface area contributed by atoms with Gasteiger partial charge in [-0.2, -0.15) is 0 Å². The van der Waals surface area contributed by atoms with Gasteiger partial charge in [-0.1, -0.05) is 30.0 Å². The Hall–Kier alpha value is -1.93. The number of thioether (sulfide) groups is 1. The molecule has 1 heterocycles. The van der Waals surface area contributed by atoms with E-state index >= 15 is 0 Å². The molecule has 0 saturated carbocycles. The van der Waals surface area contributed by atoms with E-state index in [1.807, 2.05) is 0 Å². The largest absolute Gasteiger partial charge is 0.507 e. The topological polar surface area (TPSA) is 77.8 Å². The number of amides is 1. The summed E-state index contributed by atoms with van der Waals surface area (Å²) in [6.07, 6.45) is 1.46. The van der Waals surface area contributed by atoms with Gasteiger partial charge in [0.1, 0.15) is 15.9 Å². The lowest BCUT2D eigenvalue weighted by molar-refractivity contribution is -0.137. The third kappa shape index (κ3) is 3.63. The van der Waals surface area contributed by atoms with Crippen LogP contribution in [0.2, 0.25) is 0 Å². The Morgan fingerprint density at radius 3 is 2.82 bits per heavy atom. The first-order valence-corrected chi connectivity index (χ1v) is 7.57. The van der Waals surface area contributed by atoms with Crippen LogP contribution in [0, 0.1) is 5.82 Å². The molecule has 2 rings (SSSR count). The van der Waals surface area contributed by atoms with Gasteiger partial charge in [0.15, 0.2) is 0 Å². The summed E-state index contributed by atoms with van der Waals surface area (Å²) in [7, 11) is 0. The normalized spacial score (nSPS) is 16.6. The van der Waals surface area contributed by atoms with Crippen molar-refractivity contribution in [2.24, 2.45) is 0 Å². The fourth-order valence-electron chi connectivity index (χ4n) is 1.88. The number of rotatable bonds is 5. The molecule has 1 aromatic carbocycles. The minimum atomic E-state index is -0.947. The zero-order chi connectivity index (χ0) is 16.3. The predicted octanol–water partition coefficient (Wildman–Crippen LogP) is 2.60. The molecule has 0 bridgehead atoms. The van der Waals surface area contributed by atoms with Crippen LogP contribution in [0.3, 0.4) is 0 Å². The lowest BCUT2D eigenvalue weighted by Gasteiger charge is -2.13. The Morgan fingerprint density at radius 1 is 1.45 bits per heavy atom. The van der Waals surface area contributed by atoms with Gasteiger partial charge >= 0.3 is 5.97 Å². The SMILES string of the molecule is O=C(O)CCCN1C(=O)/C(=C/c2c(O)cccc2F)SC1=S. The highest BCUT2D eigenvalue weighted by Crippen LogP contribution is 2.34. The Morgan fingerprint density at radius 2 is 2.18 bits per heavy atom. The number of nitrogens with zero attached hydrogens (tertiary/aromatic N) is 1. The summed E-state index contributed by atoms with van der Waals surface area (Å²) in [6, 6.07) is 3.86. The molecule has 1 aliphatic rings. The van der Waals surface area contributed by atoms with E-state index in [0.717, 1.165) is 11.8 Å². The van der Waals surface area contributed by atoms with Gasteiger partial charge < -0.3 is 10.2 Å². The number of halogens is 1. The molecule has 0 radical (unpaired) electrons. The number of carbonyl (C=O) groups excluding carboxylic acids is 1. The Labute approximate surface area is 135 Å². The molecule has 2 N–H and O–H groups in total. The second kappa shape index (κ2) is 6.89. The van der Waals surface area contributed by atoms with Crippen molar-refractivity contribution in [3.8, 4) is 5.75 Å². The van der Waals surface area contributed by atoms with Crippen molar-refractivity contribution in [1.29, 1.82) is 0 Å². The van der Waals surface area contributed by atoms with E-state index in [-0.39, 0.29) is 39.9 Å². The van der Waals surface area contributed by atoms with Gasteiger partial charge in [-0.25, -0.2) is 4.39 Å². The molecule has 1 amide bonds. The standard InChI is InChI=1S/C14H12FNO4S2/c15-9-3-1-4-10(17)8(9)7-11-13(20)16(14(21)22-11)6-2-5-12(18)19/h1,3-4,7,17H,2,5-6H2,(H,18,19)/b11-7-. The van der Waals surface area contributed by atoms with Crippen LogP contribution < -0.4 is 0 Å². The lowest BCUT2D eigenvalue weighted by atomic mass is 10.1. The maximum atomic E-state index is 13.7. The van der Waals surface area contributed by atoms with Gasteiger partial charge in [0.05, 0.1) is 10.5 Å². The molecule has 0 atom stereocenters. The smallest absolute Gasteiger partial charge is 0.303 e. The number of carboxylic acids is 1. The van der Waals surface area contributed by atoms with Crippen LogP contribution in [0.15, 0.2) is 23.1 Å². The first-order valence-electron chi connectivity index (χ1n) is 6.35. The summed E-state index contributed by atoms with van der Waals surface area (Å²) in [5.41, 5.74) is -0.0754. The zero-order valence-electron chi connectivity index (χ0n) is 11.3. The van der Waals surface area contributed by atoms with Crippen LogP contribution in [0.4, 0.5) is 4.39 Å². The molecule has 1 fully saturated rings. The van der Waals surface area contributed by atoms with Crippen molar-refractivity contribution >= 4 is 46.3 Å². The van der Waals surface area contributed by atoms with Crippen LogP contribution >= 0.6 is 24.0 Å². The van der Waals surface area contributed by atoms with Crippen molar-refractivity contribution in [2.75, 3.05) is 6.54 Å². The van der Waals surface area contributed by atoms with Crippen LogP contribution in [0.5, 0.6) is 5.75 Å². The summed E-state index contributed by atoms with van der Waals surface area (Å²) in [5.74, 6) is -2.27. The van der Waals surface area contributed by atoms with E-state index in [0.29, 0.717) is 0 Å². The van der Waals surface area contributed by atoms with Gasteiger partial charge in [0.25, 0.3) is 5.91 Å². The maximum Gasteiger partial charge on any atom is 0.303 e. The zero-order valence-corrected chi connectivity index (χ0v) is 12.9. The summed E-state index contributed by atoms with van der Waals surface area (Å²) in [6.45, 7) is 0.192. The first-order chi connectivity index (χ1) is 10.4. The average molecular weight is 341 g/mol. The fraction of sp³-hybridized carbons (Fsp3) is 0.214. The van der Waals surface area contributed by atoms with Gasteiger partial charge in [0.2, 0.25) is 0 Å². The molecule has 22 heavy (non-hydrogen) atoms. The van der Waals surface area contributed by atoms with Crippen molar-refractivity contribution in [2.45, 2.75) is 12.8 Å². The summed E-state index contributed by atoms with van der Waals surface area (Å²) in [4.78, 5) is 24.2. The van der Waals surface area contributed by atoms with Gasteiger partial charge in [0, 0.05) is 13.0 Å². The molecule has 1 saturated heterocycles. The second-order valence-corrected chi connectivity index (χ2v) is 6.18. The molecule has 1 aliphatic heterocycles. The van der Waals surface area contributed by atoms with Crippen LogP contribution in [-0.2, 0) is 9.59 Å². The number of aliphatic carboxylic acids is 1. The van der Waals surface area contributed by atoms with E-state index in [4.69, 9.17) is 17.3 Å². The molecule has 0 aromatic heterocycles. The quantitative estimate of drug-likeness (QED) is 0.633. The van der Waals surface area contributed by atoms with E-state index in [9.17, 15) is 19.1 Å². The fourth-order valence-corrected chi connectivity index (χ4v) is 3.17. The van der Waals surface area contributed by atoms with Gasteiger partial charge in [-0.15, -0.1) is 0 Å². The summed E-state index contributed by atoms with van der Waals surface area (Å²) < 4.78 is 14.0. The van der Waals surface area contributed by atoms with Crippen molar-refractivity contribution in [3.63, 3.8) is 0 Å². The van der Waals surface area contributed by atoms with E-state index < -0.39 is 17.7 Å². The van der Waals surface area contributed by atoms with Crippen molar-refractivity contribution < 1.29 is 24.2 Å². The number of aromatic hydroxyl groups is 1. The number of hydrogen-bond acceptors (Lipinski definition) is 5. The van der Waals surface area contributed by atoms with Gasteiger partial charge in [-0.05, 0) is 24.6 Å². The highest BCUT2D eigenvalue weighted by atomic mass is 32.2. The summed E-state index contributed by atoms with van der Waals surface area (Å²) in [5, 5.41) is 18.3. The molecule has 1 aromatic rings. The molecule has 0 aliphatic carbocycles. The third-order valence-electron chi connectivity index (χ3n) is 2.95. The average Bonchev–Trinajstić information content (AvgIpc) is 2.70. The predicted molar refractivity (Wildman–Crippen MR) is 84.8 cm³/mol. The Bertz CT molecular complexity index is 655. The van der Waals surface area contributed by atoms with Crippen LogP contribution in [0.1, 0.15) is 18.4 Å². The minimum Gasteiger partial charge on any atom is -0.507 e. The number of hydrogen-bond donors (Lipinski definition) is 2. The van der Waals surface area contributed by atoms with Crippen molar-refractivity contribution in [3.05, 3.63) is 34.5 Å². The molecular formula is C14H12FNO4S2. The molecule has 0 spiro atoms. The number of carboxylic acid groups (broad SMARTS) is 1.